The maximum atomic E-state index is 12.6. The smallest absolute Gasteiger partial charge is 0.317 e. The number of hydrogen-bond donors (Lipinski definition) is 2. The molecule has 0 unspecified atom stereocenters. The number of amides is 3. The molecule has 3 rings (SSSR count). The van der Waals surface area contributed by atoms with E-state index in [2.05, 4.69) is 27.7 Å². The Morgan fingerprint density at radius 2 is 2.04 bits per heavy atom. The zero-order valence-corrected chi connectivity index (χ0v) is 14.0. The zero-order chi connectivity index (χ0) is 16.8. The molecule has 6 nitrogen and oxygen atoms in total. The van der Waals surface area contributed by atoms with Crippen molar-refractivity contribution < 1.29 is 9.59 Å². The van der Waals surface area contributed by atoms with Crippen molar-refractivity contribution in [2.24, 2.45) is 0 Å². The summed E-state index contributed by atoms with van der Waals surface area (Å²) < 4.78 is 0. The van der Waals surface area contributed by atoms with Crippen LogP contribution in [-0.4, -0.2) is 60.5 Å². The van der Waals surface area contributed by atoms with Crippen LogP contribution in [0.15, 0.2) is 30.3 Å². The SMILES string of the molecule is O=C(NCCN1CCNC1=O)[C@@H]1CCCCN1Cc1ccccc1. The number of urea groups is 1. The summed E-state index contributed by atoms with van der Waals surface area (Å²) in [6.45, 7) is 4.28. The van der Waals surface area contributed by atoms with Gasteiger partial charge in [-0.1, -0.05) is 36.8 Å². The highest BCUT2D eigenvalue weighted by Crippen LogP contribution is 2.19. The van der Waals surface area contributed by atoms with Crippen molar-refractivity contribution in [2.75, 3.05) is 32.7 Å². The van der Waals surface area contributed by atoms with Gasteiger partial charge < -0.3 is 15.5 Å². The van der Waals surface area contributed by atoms with Gasteiger partial charge in [-0.25, -0.2) is 4.79 Å². The molecule has 2 aliphatic rings. The summed E-state index contributed by atoms with van der Waals surface area (Å²) in [6.07, 6.45) is 3.14. The van der Waals surface area contributed by atoms with E-state index in [1.807, 2.05) is 18.2 Å². The number of benzene rings is 1. The Kier molecular flexibility index (Phi) is 5.69. The van der Waals surface area contributed by atoms with Gasteiger partial charge in [0.25, 0.3) is 0 Å². The molecule has 0 radical (unpaired) electrons. The van der Waals surface area contributed by atoms with Gasteiger partial charge in [0.1, 0.15) is 0 Å². The highest BCUT2D eigenvalue weighted by molar-refractivity contribution is 5.82. The van der Waals surface area contributed by atoms with E-state index in [0.717, 1.165) is 38.9 Å². The van der Waals surface area contributed by atoms with Crippen LogP contribution in [0, 0.1) is 0 Å². The number of nitrogens with one attached hydrogen (secondary N) is 2. The van der Waals surface area contributed by atoms with Gasteiger partial charge in [0.15, 0.2) is 0 Å². The van der Waals surface area contributed by atoms with E-state index < -0.39 is 0 Å². The first-order valence-electron chi connectivity index (χ1n) is 8.82. The molecule has 24 heavy (non-hydrogen) atoms. The molecule has 1 aromatic rings. The Bertz CT molecular complexity index is 563. The van der Waals surface area contributed by atoms with Crippen LogP contribution in [0.4, 0.5) is 4.79 Å². The van der Waals surface area contributed by atoms with Crippen LogP contribution >= 0.6 is 0 Å². The second-order valence-corrected chi connectivity index (χ2v) is 6.48. The lowest BCUT2D eigenvalue weighted by Gasteiger charge is -2.34. The van der Waals surface area contributed by atoms with Crippen molar-refractivity contribution in [3.8, 4) is 0 Å². The van der Waals surface area contributed by atoms with Gasteiger partial charge in [0, 0.05) is 32.7 Å². The van der Waals surface area contributed by atoms with Crippen LogP contribution in [0.5, 0.6) is 0 Å². The van der Waals surface area contributed by atoms with E-state index in [0.29, 0.717) is 19.6 Å². The van der Waals surface area contributed by atoms with Crippen molar-refractivity contribution in [2.45, 2.75) is 31.8 Å². The number of nitrogens with zero attached hydrogens (tertiary/aromatic N) is 2. The Labute approximate surface area is 143 Å². The summed E-state index contributed by atoms with van der Waals surface area (Å²) in [4.78, 5) is 28.1. The molecule has 1 aromatic carbocycles. The van der Waals surface area contributed by atoms with Gasteiger partial charge in [-0.05, 0) is 24.9 Å². The van der Waals surface area contributed by atoms with Crippen molar-refractivity contribution in [1.29, 1.82) is 0 Å². The second kappa shape index (κ2) is 8.15. The second-order valence-electron chi connectivity index (χ2n) is 6.48. The summed E-state index contributed by atoms with van der Waals surface area (Å²) in [5.74, 6) is 0.0882. The van der Waals surface area contributed by atoms with Crippen LogP contribution in [0.3, 0.4) is 0 Å². The predicted octanol–water partition coefficient (Wildman–Crippen LogP) is 1.18. The van der Waals surface area contributed by atoms with Crippen molar-refractivity contribution in [3.63, 3.8) is 0 Å². The average Bonchev–Trinajstić information content (AvgIpc) is 3.01. The molecule has 2 fully saturated rings. The quantitative estimate of drug-likeness (QED) is 0.823. The lowest BCUT2D eigenvalue weighted by Crippen LogP contribution is -2.50. The molecule has 6 heteroatoms. The molecule has 0 spiro atoms. The lowest BCUT2D eigenvalue weighted by molar-refractivity contribution is -0.127. The van der Waals surface area contributed by atoms with Crippen LogP contribution in [0.25, 0.3) is 0 Å². The Morgan fingerprint density at radius 3 is 2.79 bits per heavy atom. The van der Waals surface area contributed by atoms with Gasteiger partial charge in [-0.3, -0.25) is 9.69 Å². The summed E-state index contributed by atoms with van der Waals surface area (Å²) in [5, 5.41) is 5.78. The fraction of sp³-hybridized carbons (Fsp3) is 0.556. The van der Waals surface area contributed by atoms with E-state index in [1.54, 1.807) is 4.90 Å². The molecule has 2 aliphatic heterocycles. The standard InChI is InChI=1S/C18H26N4O2/c23-17(19-9-12-21-13-10-20-18(21)24)16-8-4-5-11-22(16)14-15-6-2-1-3-7-15/h1-3,6-7,16H,4-5,8-14H2,(H,19,23)(H,20,24)/t16-/m0/s1. The first-order valence-corrected chi connectivity index (χ1v) is 8.82. The van der Waals surface area contributed by atoms with E-state index >= 15 is 0 Å². The molecule has 2 saturated heterocycles. The normalized spacial score (nSPS) is 21.6. The minimum atomic E-state index is -0.0636. The number of rotatable bonds is 6. The molecular formula is C18H26N4O2. The topological polar surface area (TPSA) is 64.7 Å². The maximum absolute atomic E-state index is 12.6. The average molecular weight is 330 g/mol. The number of hydrogen-bond acceptors (Lipinski definition) is 3. The summed E-state index contributed by atoms with van der Waals surface area (Å²) in [7, 11) is 0. The van der Waals surface area contributed by atoms with Gasteiger partial charge in [-0.2, -0.15) is 0 Å². The van der Waals surface area contributed by atoms with Gasteiger partial charge >= 0.3 is 6.03 Å². The monoisotopic (exact) mass is 330 g/mol. The van der Waals surface area contributed by atoms with Gasteiger partial charge in [0.2, 0.25) is 5.91 Å². The molecule has 0 aliphatic carbocycles. The molecule has 1 atom stereocenters. The summed E-state index contributed by atoms with van der Waals surface area (Å²) in [5.41, 5.74) is 1.24. The summed E-state index contributed by atoms with van der Waals surface area (Å²) >= 11 is 0. The molecule has 130 valence electrons. The van der Waals surface area contributed by atoms with Crippen LogP contribution in [0.2, 0.25) is 0 Å². The highest BCUT2D eigenvalue weighted by Gasteiger charge is 2.28. The predicted molar refractivity (Wildman–Crippen MR) is 92.5 cm³/mol. The van der Waals surface area contributed by atoms with Gasteiger partial charge in [0.05, 0.1) is 6.04 Å². The molecule has 3 amide bonds. The first-order chi connectivity index (χ1) is 11.7. The lowest BCUT2D eigenvalue weighted by atomic mass is 10.0. The highest BCUT2D eigenvalue weighted by atomic mass is 16.2. The number of likely N-dealkylation sites (tertiary alicyclic amines) is 1. The van der Waals surface area contributed by atoms with Crippen molar-refractivity contribution in [1.82, 2.24) is 20.4 Å². The van der Waals surface area contributed by atoms with Crippen molar-refractivity contribution in [3.05, 3.63) is 35.9 Å². The molecule has 0 bridgehead atoms. The summed E-state index contributed by atoms with van der Waals surface area (Å²) in [6, 6.07) is 10.2. The fourth-order valence-electron chi connectivity index (χ4n) is 3.45. The minimum Gasteiger partial charge on any atom is -0.353 e. The minimum absolute atomic E-state index is 0.0346. The maximum Gasteiger partial charge on any atom is 0.317 e. The number of piperidine rings is 1. The Morgan fingerprint density at radius 1 is 1.21 bits per heavy atom. The molecular weight excluding hydrogens is 304 g/mol. The zero-order valence-electron chi connectivity index (χ0n) is 14.0. The van der Waals surface area contributed by atoms with Crippen LogP contribution in [-0.2, 0) is 11.3 Å². The third-order valence-electron chi connectivity index (χ3n) is 4.77. The molecule has 2 N–H and O–H groups in total. The van der Waals surface area contributed by atoms with E-state index in [-0.39, 0.29) is 18.0 Å². The molecule has 0 saturated carbocycles. The molecule has 0 aromatic heterocycles. The first kappa shape index (κ1) is 16.8. The fourth-order valence-corrected chi connectivity index (χ4v) is 3.45. The van der Waals surface area contributed by atoms with Crippen LogP contribution < -0.4 is 10.6 Å². The van der Waals surface area contributed by atoms with Gasteiger partial charge in [-0.15, -0.1) is 0 Å². The third-order valence-corrected chi connectivity index (χ3v) is 4.77. The van der Waals surface area contributed by atoms with E-state index in [1.165, 1.54) is 5.56 Å². The molecule has 2 heterocycles. The van der Waals surface area contributed by atoms with Crippen LogP contribution in [0.1, 0.15) is 24.8 Å². The third kappa shape index (κ3) is 4.26. The van der Waals surface area contributed by atoms with E-state index in [9.17, 15) is 9.59 Å². The number of carbonyl (C=O) groups excluding carboxylic acids is 2. The Balaban J connectivity index is 1.50. The Hall–Kier alpha value is -2.08. The largest absolute Gasteiger partial charge is 0.353 e. The number of carbonyl (C=O) groups is 2. The van der Waals surface area contributed by atoms with Crippen molar-refractivity contribution >= 4 is 11.9 Å². The van der Waals surface area contributed by atoms with E-state index in [4.69, 9.17) is 0 Å².